The molecule has 0 atom stereocenters. The van der Waals surface area contributed by atoms with Crippen LogP contribution in [0, 0.1) is 0 Å². The number of rotatable bonds is 9. The van der Waals surface area contributed by atoms with Crippen LogP contribution in [0.25, 0.3) is 0 Å². The molecule has 0 radical (unpaired) electrons. The normalized spacial score (nSPS) is 23.9. The van der Waals surface area contributed by atoms with Crippen molar-refractivity contribution in [3.8, 4) is 0 Å². The standard InChI is InChI=1S/C24H42N6/c1-7-10-12-13-15-30-20-21(22-25(4)16-18-28(22)9-3)27(6)24(30)23-26(5)17-19-29(23)14-11-8-2/h16-19H,7-15,20H2,1-6H3. The van der Waals surface area contributed by atoms with Crippen LogP contribution in [-0.2, 0) is 0 Å². The molecule has 0 aromatic carbocycles. The number of hydrogen-bond donors (Lipinski definition) is 0. The molecule has 6 nitrogen and oxygen atoms in total. The molecule has 0 bridgehead atoms. The lowest BCUT2D eigenvalue weighted by Gasteiger charge is -2.31. The van der Waals surface area contributed by atoms with E-state index in [4.69, 9.17) is 0 Å². The predicted molar refractivity (Wildman–Crippen MR) is 125 cm³/mol. The fourth-order valence-electron chi connectivity index (χ4n) is 4.60. The Morgan fingerprint density at radius 1 is 0.667 bits per heavy atom. The summed E-state index contributed by atoms with van der Waals surface area (Å²) in [5, 5.41) is 0. The molecule has 3 rings (SSSR count). The van der Waals surface area contributed by atoms with Crippen molar-refractivity contribution in [2.75, 3.05) is 47.3 Å². The SMILES string of the molecule is CCCCCCN1CC(=C2N(C)C=CN2CC)N(C)C1=C1N(C)C=CN1CCCC. The number of nitrogens with zero attached hydrogens (tertiary/aromatic N) is 6. The Kier molecular flexibility index (Phi) is 7.62. The summed E-state index contributed by atoms with van der Waals surface area (Å²) in [5.41, 5.74) is 1.39. The number of unbranched alkanes of at least 4 members (excludes halogenated alkanes) is 4. The van der Waals surface area contributed by atoms with E-state index < -0.39 is 0 Å². The van der Waals surface area contributed by atoms with Crippen LogP contribution < -0.4 is 0 Å². The Balaban J connectivity index is 1.97. The van der Waals surface area contributed by atoms with Crippen molar-refractivity contribution < 1.29 is 0 Å². The van der Waals surface area contributed by atoms with E-state index in [-0.39, 0.29) is 0 Å². The summed E-state index contributed by atoms with van der Waals surface area (Å²) in [5.74, 6) is 3.96. The predicted octanol–water partition coefficient (Wildman–Crippen LogP) is 4.37. The zero-order valence-electron chi connectivity index (χ0n) is 20.1. The molecule has 3 aliphatic rings. The van der Waals surface area contributed by atoms with Crippen LogP contribution in [0.4, 0.5) is 0 Å². The van der Waals surface area contributed by atoms with Gasteiger partial charge in [-0.05, 0) is 19.8 Å². The molecule has 0 aromatic heterocycles. The highest BCUT2D eigenvalue weighted by atomic mass is 15.5. The molecule has 6 heteroatoms. The van der Waals surface area contributed by atoms with Gasteiger partial charge in [-0.2, -0.15) is 0 Å². The zero-order valence-corrected chi connectivity index (χ0v) is 20.1. The van der Waals surface area contributed by atoms with Crippen molar-refractivity contribution in [3.05, 3.63) is 48.0 Å². The molecule has 0 aliphatic carbocycles. The lowest BCUT2D eigenvalue weighted by molar-refractivity contribution is 0.290. The van der Waals surface area contributed by atoms with Gasteiger partial charge in [0.1, 0.15) is 5.82 Å². The first-order chi connectivity index (χ1) is 14.5. The molecule has 1 saturated heterocycles. The fourth-order valence-corrected chi connectivity index (χ4v) is 4.60. The highest BCUT2D eigenvalue weighted by molar-refractivity contribution is 5.32. The Hall–Kier alpha value is -2.24. The molecule has 0 N–H and O–H groups in total. The molecule has 168 valence electrons. The highest BCUT2D eigenvalue weighted by Gasteiger charge is 2.37. The summed E-state index contributed by atoms with van der Waals surface area (Å²) in [6, 6.07) is 0. The lowest BCUT2D eigenvalue weighted by atomic mass is 10.2. The van der Waals surface area contributed by atoms with Gasteiger partial charge < -0.3 is 29.4 Å². The van der Waals surface area contributed by atoms with Crippen LogP contribution in [0.2, 0.25) is 0 Å². The molecule has 0 aromatic rings. The Bertz CT molecular complexity index is 706. The summed E-state index contributed by atoms with van der Waals surface area (Å²) in [6.07, 6.45) is 16.4. The van der Waals surface area contributed by atoms with Crippen molar-refractivity contribution in [1.29, 1.82) is 0 Å². The van der Waals surface area contributed by atoms with Crippen molar-refractivity contribution in [1.82, 2.24) is 29.4 Å². The summed E-state index contributed by atoms with van der Waals surface area (Å²) >= 11 is 0. The van der Waals surface area contributed by atoms with Crippen LogP contribution in [0.1, 0.15) is 59.3 Å². The van der Waals surface area contributed by atoms with Crippen LogP contribution in [-0.4, -0.2) is 76.7 Å². The number of hydrogen-bond acceptors (Lipinski definition) is 6. The second kappa shape index (κ2) is 10.2. The van der Waals surface area contributed by atoms with Crippen molar-refractivity contribution in [3.63, 3.8) is 0 Å². The van der Waals surface area contributed by atoms with Gasteiger partial charge in [0.05, 0.1) is 12.2 Å². The third-order valence-corrected chi connectivity index (χ3v) is 6.35. The third-order valence-electron chi connectivity index (χ3n) is 6.35. The van der Waals surface area contributed by atoms with Gasteiger partial charge in [-0.15, -0.1) is 0 Å². The monoisotopic (exact) mass is 414 g/mol. The minimum atomic E-state index is 0.967. The maximum Gasteiger partial charge on any atom is 0.154 e. The Morgan fingerprint density at radius 2 is 1.33 bits per heavy atom. The van der Waals surface area contributed by atoms with E-state index in [9.17, 15) is 0 Å². The van der Waals surface area contributed by atoms with Crippen LogP contribution in [0.3, 0.4) is 0 Å². The van der Waals surface area contributed by atoms with Gasteiger partial charge in [0.2, 0.25) is 0 Å². The first-order valence-corrected chi connectivity index (χ1v) is 11.8. The van der Waals surface area contributed by atoms with Crippen molar-refractivity contribution >= 4 is 0 Å². The van der Waals surface area contributed by atoms with Gasteiger partial charge in [-0.1, -0.05) is 39.5 Å². The fraction of sp³-hybridized carbons (Fsp3) is 0.667. The largest absolute Gasteiger partial charge is 0.349 e. The first-order valence-electron chi connectivity index (χ1n) is 11.8. The van der Waals surface area contributed by atoms with E-state index in [1.807, 2.05) is 0 Å². The van der Waals surface area contributed by atoms with Crippen LogP contribution in [0.5, 0.6) is 0 Å². The second-order valence-corrected chi connectivity index (χ2v) is 8.61. The van der Waals surface area contributed by atoms with Gasteiger partial charge in [0, 0.05) is 65.6 Å². The zero-order chi connectivity index (χ0) is 21.7. The molecule has 1 fully saturated rings. The molecule has 0 saturated carbocycles. The van der Waals surface area contributed by atoms with Gasteiger partial charge in [-0.3, -0.25) is 0 Å². The van der Waals surface area contributed by atoms with Gasteiger partial charge in [-0.25, -0.2) is 0 Å². The molecular weight excluding hydrogens is 372 g/mol. The molecule has 0 unspecified atom stereocenters. The highest BCUT2D eigenvalue weighted by Crippen LogP contribution is 2.36. The minimum Gasteiger partial charge on any atom is -0.349 e. The Morgan fingerprint density at radius 3 is 2.00 bits per heavy atom. The second-order valence-electron chi connectivity index (χ2n) is 8.61. The molecule has 30 heavy (non-hydrogen) atoms. The molecular formula is C24H42N6. The molecule has 0 amide bonds. The van der Waals surface area contributed by atoms with E-state index in [2.05, 4.69) is 96.1 Å². The summed E-state index contributed by atoms with van der Waals surface area (Å²) in [6.45, 7) is 10.9. The summed E-state index contributed by atoms with van der Waals surface area (Å²) in [4.78, 5) is 14.4. The summed E-state index contributed by atoms with van der Waals surface area (Å²) < 4.78 is 0. The van der Waals surface area contributed by atoms with Gasteiger partial charge >= 0.3 is 0 Å². The maximum atomic E-state index is 2.61. The van der Waals surface area contributed by atoms with Crippen molar-refractivity contribution in [2.45, 2.75) is 59.3 Å². The van der Waals surface area contributed by atoms with Crippen molar-refractivity contribution in [2.24, 2.45) is 0 Å². The smallest absolute Gasteiger partial charge is 0.154 e. The number of likely N-dealkylation sites (N-methyl/N-ethyl adjacent to an activating group) is 1. The minimum absolute atomic E-state index is 0.967. The van der Waals surface area contributed by atoms with Crippen LogP contribution >= 0.6 is 0 Å². The lowest BCUT2D eigenvalue weighted by Crippen LogP contribution is -2.32. The van der Waals surface area contributed by atoms with Crippen LogP contribution in [0.15, 0.2) is 48.0 Å². The molecule has 0 spiro atoms. The maximum absolute atomic E-state index is 2.61. The molecule has 3 aliphatic heterocycles. The topological polar surface area (TPSA) is 19.4 Å². The van der Waals surface area contributed by atoms with E-state index in [0.29, 0.717) is 0 Å². The van der Waals surface area contributed by atoms with Gasteiger partial charge in [0.15, 0.2) is 11.6 Å². The first kappa shape index (κ1) is 22.4. The van der Waals surface area contributed by atoms with E-state index in [1.54, 1.807) is 0 Å². The van der Waals surface area contributed by atoms with E-state index >= 15 is 0 Å². The summed E-state index contributed by atoms with van der Waals surface area (Å²) in [7, 11) is 6.59. The van der Waals surface area contributed by atoms with Gasteiger partial charge in [0.25, 0.3) is 0 Å². The van der Waals surface area contributed by atoms with E-state index in [1.165, 1.54) is 61.7 Å². The molecule has 3 heterocycles. The van der Waals surface area contributed by atoms with E-state index in [0.717, 1.165) is 26.2 Å². The average Bonchev–Trinajstić information content (AvgIpc) is 3.38. The quantitative estimate of drug-likeness (QED) is 0.518. The third kappa shape index (κ3) is 4.42. The average molecular weight is 415 g/mol. The Labute approximate surface area is 184 Å².